The van der Waals surface area contributed by atoms with Crippen LogP contribution in [0.2, 0.25) is 0 Å². The molecule has 19 heavy (non-hydrogen) atoms. The number of ketones is 1. The standard InChI is InChI=1S/C14H16FNO3/c15-11-7-5-10(6-8-11)13(9-16(18)19)12-3-1-2-4-14(12)17/h5-8,12-13H,1-4,9H2/t12?,13-/m1/s1. The maximum atomic E-state index is 12.9. The zero-order chi connectivity index (χ0) is 13.8. The zero-order valence-electron chi connectivity index (χ0n) is 10.5. The van der Waals surface area contributed by atoms with Gasteiger partial charge in [-0.15, -0.1) is 0 Å². The Hall–Kier alpha value is -1.78. The largest absolute Gasteiger partial charge is 0.299 e. The molecule has 0 saturated heterocycles. The van der Waals surface area contributed by atoms with E-state index in [0.29, 0.717) is 18.4 Å². The van der Waals surface area contributed by atoms with Crippen molar-refractivity contribution in [2.75, 3.05) is 6.54 Å². The molecule has 0 heterocycles. The molecule has 2 atom stereocenters. The highest BCUT2D eigenvalue weighted by atomic mass is 19.1. The summed E-state index contributed by atoms with van der Waals surface area (Å²) in [5, 5.41) is 10.8. The molecule has 4 nitrogen and oxygen atoms in total. The lowest BCUT2D eigenvalue weighted by Crippen LogP contribution is -2.30. The van der Waals surface area contributed by atoms with E-state index in [-0.39, 0.29) is 24.1 Å². The molecular formula is C14H16FNO3. The Balaban J connectivity index is 2.26. The number of rotatable bonds is 4. The minimum Gasteiger partial charge on any atom is -0.299 e. The molecule has 0 radical (unpaired) electrons. The van der Waals surface area contributed by atoms with Gasteiger partial charge in [0.25, 0.3) is 0 Å². The molecule has 1 unspecified atom stereocenters. The quantitative estimate of drug-likeness (QED) is 0.621. The smallest absolute Gasteiger partial charge is 0.211 e. The highest BCUT2D eigenvalue weighted by Gasteiger charge is 2.34. The summed E-state index contributed by atoms with van der Waals surface area (Å²) in [5.74, 6) is -1.02. The van der Waals surface area contributed by atoms with Crippen LogP contribution in [0.5, 0.6) is 0 Å². The van der Waals surface area contributed by atoms with Crippen molar-refractivity contribution in [1.29, 1.82) is 0 Å². The van der Waals surface area contributed by atoms with Gasteiger partial charge in [0.2, 0.25) is 6.54 Å². The summed E-state index contributed by atoms with van der Waals surface area (Å²) in [5.41, 5.74) is 0.679. The number of nitro groups is 1. The van der Waals surface area contributed by atoms with Crippen molar-refractivity contribution in [1.82, 2.24) is 0 Å². The van der Waals surface area contributed by atoms with Gasteiger partial charge in [-0.25, -0.2) is 4.39 Å². The Labute approximate surface area is 110 Å². The predicted molar refractivity (Wildman–Crippen MR) is 68.0 cm³/mol. The Morgan fingerprint density at radius 3 is 2.58 bits per heavy atom. The van der Waals surface area contributed by atoms with Crippen LogP contribution in [-0.4, -0.2) is 17.3 Å². The third-order valence-electron chi connectivity index (χ3n) is 3.73. The zero-order valence-corrected chi connectivity index (χ0v) is 10.5. The second-order valence-electron chi connectivity index (χ2n) is 4.99. The highest BCUT2D eigenvalue weighted by molar-refractivity contribution is 5.82. The minimum atomic E-state index is -0.441. The van der Waals surface area contributed by atoms with E-state index >= 15 is 0 Å². The summed E-state index contributed by atoms with van der Waals surface area (Å²) in [6.07, 6.45) is 2.98. The van der Waals surface area contributed by atoms with Crippen LogP contribution < -0.4 is 0 Å². The summed E-state index contributed by atoms with van der Waals surface area (Å²) >= 11 is 0. The van der Waals surface area contributed by atoms with Crippen molar-refractivity contribution in [2.24, 2.45) is 5.92 Å². The average Bonchev–Trinajstić information content (AvgIpc) is 2.38. The molecule has 1 fully saturated rings. The van der Waals surface area contributed by atoms with Gasteiger partial charge in [-0.1, -0.05) is 18.6 Å². The van der Waals surface area contributed by atoms with E-state index in [9.17, 15) is 19.3 Å². The number of hydrogen-bond acceptors (Lipinski definition) is 3. The van der Waals surface area contributed by atoms with E-state index in [1.54, 1.807) is 12.1 Å². The summed E-state index contributed by atoms with van der Waals surface area (Å²) < 4.78 is 12.9. The number of nitrogens with zero attached hydrogens (tertiary/aromatic N) is 1. The molecule has 1 saturated carbocycles. The van der Waals surface area contributed by atoms with Gasteiger partial charge in [0.05, 0.1) is 5.92 Å². The topological polar surface area (TPSA) is 60.2 Å². The van der Waals surface area contributed by atoms with E-state index in [4.69, 9.17) is 0 Å². The van der Waals surface area contributed by atoms with Gasteiger partial charge in [-0.2, -0.15) is 0 Å². The second kappa shape index (κ2) is 5.91. The van der Waals surface area contributed by atoms with Gasteiger partial charge >= 0.3 is 0 Å². The van der Waals surface area contributed by atoms with Crippen LogP contribution in [0.25, 0.3) is 0 Å². The van der Waals surface area contributed by atoms with E-state index < -0.39 is 10.8 Å². The van der Waals surface area contributed by atoms with Crippen molar-refractivity contribution in [3.63, 3.8) is 0 Å². The van der Waals surface area contributed by atoms with Crippen molar-refractivity contribution in [2.45, 2.75) is 31.6 Å². The van der Waals surface area contributed by atoms with Gasteiger partial charge in [0.15, 0.2) is 0 Å². The van der Waals surface area contributed by atoms with Crippen LogP contribution in [0.3, 0.4) is 0 Å². The van der Waals surface area contributed by atoms with Crippen LogP contribution in [0.4, 0.5) is 4.39 Å². The molecule has 0 N–H and O–H groups in total. The average molecular weight is 265 g/mol. The molecule has 0 amide bonds. The van der Waals surface area contributed by atoms with Gasteiger partial charge in [-0.3, -0.25) is 14.9 Å². The van der Waals surface area contributed by atoms with Crippen molar-refractivity contribution in [3.05, 3.63) is 45.8 Å². The van der Waals surface area contributed by atoms with Crippen LogP contribution in [0, 0.1) is 21.8 Å². The Morgan fingerprint density at radius 1 is 1.32 bits per heavy atom. The van der Waals surface area contributed by atoms with Gasteiger partial charge in [-0.05, 0) is 30.5 Å². The predicted octanol–water partition coefficient (Wildman–Crippen LogP) is 2.95. The molecule has 5 heteroatoms. The first-order chi connectivity index (χ1) is 9.08. The Bertz CT molecular complexity index is 472. The monoisotopic (exact) mass is 265 g/mol. The summed E-state index contributed by atoms with van der Waals surface area (Å²) in [6.45, 7) is -0.276. The maximum Gasteiger partial charge on any atom is 0.211 e. The maximum absolute atomic E-state index is 12.9. The first-order valence-corrected chi connectivity index (χ1v) is 6.48. The van der Waals surface area contributed by atoms with E-state index in [2.05, 4.69) is 0 Å². The summed E-state index contributed by atoms with van der Waals surface area (Å²) in [7, 11) is 0. The third kappa shape index (κ3) is 3.36. The van der Waals surface area contributed by atoms with Crippen molar-refractivity contribution < 1.29 is 14.1 Å². The second-order valence-corrected chi connectivity index (χ2v) is 4.99. The molecule has 0 spiro atoms. The van der Waals surface area contributed by atoms with E-state index in [1.165, 1.54) is 12.1 Å². The van der Waals surface area contributed by atoms with E-state index in [0.717, 1.165) is 12.8 Å². The fourth-order valence-electron chi connectivity index (χ4n) is 2.77. The van der Waals surface area contributed by atoms with Crippen molar-refractivity contribution in [3.8, 4) is 0 Å². The number of Topliss-reactive ketones (excluding diaryl/α,β-unsaturated/α-hetero) is 1. The van der Waals surface area contributed by atoms with Crippen LogP contribution in [0.15, 0.2) is 24.3 Å². The molecular weight excluding hydrogens is 249 g/mol. The molecule has 1 aromatic rings. The number of carbonyl (C=O) groups excluding carboxylic acids is 1. The minimum absolute atomic E-state index is 0.0995. The Morgan fingerprint density at radius 2 is 2.00 bits per heavy atom. The number of carbonyl (C=O) groups is 1. The third-order valence-corrected chi connectivity index (χ3v) is 3.73. The van der Waals surface area contributed by atoms with Crippen LogP contribution in [-0.2, 0) is 4.79 Å². The lowest BCUT2D eigenvalue weighted by Gasteiger charge is -2.26. The molecule has 102 valence electrons. The van der Waals surface area contributed by atoms with E-state index in [1.807, 2.05) is 0 Å². The molecule has 1 aromatic carbocycles. The van der Waals surface area contributed by atoms with Crippen LogP contribution in [0.1, 0.15) is 37.2 Å². The SMILES string of the molecule is O=C1CCCCC1[C@H](C[N+](=O)[O-])c1ccc(F)cc1. The van der Waals surface area contributed by atoms with Crippen LogP contribution >= 0.6 is 0 Å². The number of benzene rings is 1. The molecule has 0 aromatic heterocycles. The molecule has 1 aliphatic carbocycles. The summed E-state index contributed by atoms with van der Waals surface area (Å²) in [6, 6.07) is 5.67. The lowest BCUT2D eigenvalue weighted by molar-refractivity contribution is -0.484. The lowest BCUT2D eigenvalue weighted by atomic mass is 9.76. The molecule has 2 rings (SSSR count). The number of halogens is 1. The first-order valence-electron chi connectivity index (χ1n) is 6.48. The fourth-order valence-corrected chi connectivity index (χ4v) is 2.77. The summed E-state index contributed by atoms with van der Waals surface area (Å²) in [4.78, 5) is 22.4. The van der Waals surface area contributed by atoms with Crippen molar-refractivity contribution >= 4 is 5.78 Å². The van der Waals surface area contributed by atoms with Gasteiger partial charge in [0, 0.05) is 17.3 Å². The number of hydrogen-bond donors (Lipinski definition) is 0. The Kier molecular flexibility index (Phi) is 4.24. The van der Waals surface area contributed by atoms with Gasteiger partial charge < -0.3 is 0 Å². The first kappa shape index (κ1) is 13.6. The molecule has 0 bridgehead atoms. The fraction of sp³-hybridized carbons (Fsp3) is 0.500. The molecule has 0 aliphatic heterocycles. The highest BCUT2D eigenvalue weighted by Crippen LogP contribution is 2.34. The molecule has 1 aliphatic rings. The van der Waals surface area contributed by atoms with Gasteiger partial charge in [0.1, 0.15) is 11.6 Å². The normalized spacial score (nSPS) is 21.1.